The molecule has 4 heteroatoms. The van der Waals surface area contributed by atoms with Crippen LogP contribution in [0, 0.1) is 17.2 Å². The van der Waals surface area contributed by atoms with Gasteiger partial charge in [-0.25, -0.2) is 8.42 Å². The van der Waals surface area contributed by atoms with Crippen LogP contribution in [0.2, 0.25) is 0 Å². The Balaban J connectivity index is 2.38. The summed E-state index contributed by atoms with van der Waals surface area (Å²) in [7, 11) is -2.74. The lowest BCUT2D eigenvalue weighted by Crippen LogP contribution is -2.04. The van der Waals surface area contributed by atoms with Gasteiger partial charge in [0.1, 0.15) is 0 Å². The van der Waals surface area contributed by atoms with Crippen molar-refractivity contribution < 1.29 is 8.42 Å². The van der Waals surface area contributed by atoms with Crippen LogP contribution < -0.4 is 0 Å². The predicted molar refractivity (Wildman–Crippen MR) is 41.6 cm³/mol. The minimum Gasteiger partial charge on any atom is -0.229 e. The second kappa shape index (κ2) is 3.22. The summed E-state index contributed by atoms with van der Waals surface area (Å²) in [6.07, 6.45) is 1.99. The Kier molecular flexibility index (Phi) is 2.50. The summed E-state index contributed by atoms with van der Waals surface area (Å²) in [5.41, 5.74) is 0. The van der Waals surface area contributed by atoms with Crippen molar-refractivity contribution in [3.8, 4) is 6.07 Å². The van der Waals surface area contributed by atoms with Crippen molar-refractivity contribution in [2.45, 2.75) is 19.3 Å². The summed E-state index contributed by atoms with van der Waals surface area (Å²) < 4.78 is 21.8. The molecule has 1 aliphatic rings. The zero-order valence-electron chi connectivity index (χ0n) is 6.28. The smallest absolute Gasteiger partial charge is 0.150 e. The van der Waals surface area contributed by atoms with E-state index in [1.807, 2.05) is 6.07 Å². The Morgan fingerprint density at radius 1 is 1.55 bits per heavy atom. The van der Waals surface area contributed by atoms with Gasteiger partial charge in [0.15, 0.2) is 9.84 Å². The van der Waals surface area contributed by atoms with E-state index < -0.39 is 9.84 Å². The van der Waals surface area contributed by atoms with Gasteiger partial charge >= 0.3 is 0 Å². The van der Waals surface area contributed by atoms with Gasteiger partial charge in [-0.05, 0) is 18.8 Å². The Labute approximate surface area is 66.9 Å². The largest absolute Gasteiger partial charge is 0.229 e. The highest BCUT2D eigenvalue weighted by atomic mass is 32.2. The molecule has 62 valence electrons. The van der Waals surface area contributed by atoms with E-state index >= 15 is 0 Å². The third-order valence-electron chi connectivity index (χ3n) is 1.99. The lowest BCUT2D eigenvalue weighted by Gasteiger charge is -2.00. The molecular formula is C7H11NO2S. The molecule has 1 atom stereocenters. The molecule has 0 aromatic rings. The van der Waals surface area contributed by atoms with Crippen LogP contribution in [0.25, 0.3) is 0 Å². The molecule has 11 heavy (non-hydrogen) atoms. The SMILES string of the molecule is N#CCCC1CCS(=O)(=O)C1. The lowest BCUT2D eigenvalue weighted by atomic mass is 10.0. The average Bonchev–Trinajstić information content (AvgIpc) is 2.26. The van der Waals surface area contributed by atoms with Gasteiger partial charge < -0.3 is 0 Å². The van der Waals surface area contributed by atoms with Crippen LogP contribution in [0.5, 0.6) is 0 Å². The highest BCUT2D eigenvalue weighted by Crippen LogP contribution is 2.22. The maximum atomic E-state index is 10.9. The van der Waals surface area contributed by atoms with Crippen LogP contribution in [0.4, 0.5) is 0 Å². The molecule has 0 aliphatic carbocycles. The lowest BCUT2D eigenvalue weighted by molar-refractivity contribution is 0.550. The van der Waals surface area contributed by atoms with Gasteiger partial charge in [0.2, 0.25) is 0 Å². The summed E-state index contributed by atoms with van der Waals surface area (Å²) in [5, 5.41) is 8.26. The first-order valence-corrected chi connectivity index (χ1v) is 5.53. The maximum Gasteiger partial charge on any atom is 0.150 e. The summed E-state index contributed by atoms with van der Waals surface area (Å²) in [5.74, 6) is 0.872. The van der Waals surface area contributed by atoms with Crippen molar-refractivity contribution in [1.29, 1.82) is 5.26 Å². The van der Waals surface area contributed by atoms with Crippen molar-refractivity contribution in [1.82, 2.24) is 0 Å². The van der Waals surface area contributed by atoms with Crippen molar-refractivity contribution in [2.75, 3.05) is 11.5 Å². The molecule has 1 aliphatic heterocycles. The number of hydrogen-bond donors (Lipinski definition) is 0. The maximum absolute atomic E-state index is 10.9. The molecule has 0 aromatic heterocycles. The van der Waals surface area contributed by atoms with E-state index in [9.17, 15) is 8.42 Å². The van der Waals surface area contributed by atoms with Crippen LogP contribution in [-0.2, 0) is 9.84 Å². The van der Waals surface area contributed by atoms with Crippen LogP contribution in [0.15, 0.2) is 0 Å². The van der Waals surface area contributed by atoms with Gasteiger partial charge in [-0.3, -0.25) is 0 Å². The molecule has 0 N–H and O–H groups in total. The van der Waals surface area contributed by atoms with E-state index in [0.29, 0.717) is 17.9 Å². The molecule has 1 heterocycles. The van der Waals surface area contributed by atoms with Crippen LogP contribution in [-0.4, -0.2) is 19.9 Å². The zero-order valence-corrected chi connectivity index (χ0v) is 7.10. The van der Waals surface area contributed by atoms with Crippen molar-refractivity contribution in [3.63, 3.8) is 0 Å². The molecule has 0 aromatic carbocycles. The van der Waals surface area contributed by atoms with Gasteiger partial charge in [0, 0.05) is 6.42 Å². The van der Waals surface area contributed by atoms with E-state index in [-0.39, 0.29) is 5.92 Å². The molecule has 0 bridgehead atoms. The molecule has 0 radical (unpaired) electrons. The van der Waals surface area contributed by atoms with Crippen molar-refractivity contribution in [3.05, 3.63) is 0 Å². The molecule has 0 amide bonds. The fourth-order valence-corrected chi connectivity index (χ4v) is 3.28. The van der Waals surface area contributed by atoms with E-state index in [2.05, 4.69) is 0 Å². The van der Waals surface area contributed by atoms with Crippen molar-refractivity contribution in [2.24, 2.45) is 5.92 Å². The quantitative estimate of drug-likeness (QED) is 0.618. The zero-order chi connectivity index (χ0) is 8.32. The Bertz CT molecular complexity index is 263. The Morgan fingerprint density at radius 3 is 2.73 bits per heavy atom. The number of nitrogens with zero attached hydrogens (tertiary/aromatic N) is 1. The van der Waals surface area contributed by atoms with Gasteiger partial charge in [0.25, 0.3) is 0 Å². The van der Waals surface area contributed by atoms with E-state index in [4.69, 9.17) is 5.26 Å². The van der Waals surface area contributed by atoms with E-state index in [1.165, 1.54) is 0 Å². The van der Waals surface area contributed by atoms with Crippen LogP contribution in [0.1, 0.15) is 19.3 Å². The summed E-state index contributed by atoms with van der Waals surface area (Å²) >= 11 is 0. The third-order valence-corrected chi connectivity index (χ3v) is 3.83. The topological polar surface area (TPSA) is 57.9 Å². The second-order valence-corrected chi connectivity index (χ2v) is 5.19. The molecular weight excluding hydrogens is 162 g/mol. The van der Waals surface area contributed by atoms with Gasteiger partial charge in [0.05, 0.1) is 17.6 Å². The highest BCUT2D eigenvalue weighted by Gasteiger charge is 2.26. The molecule has 1 unspecified atom stereocenters. The van der Waals surface area contributed by atoms with Crippen LogP contribution >= 0.6 is 0 Å². The second-order valence-electron chi connectivity index (χ2n) is 2.97. The van der Waals surface area contributed by atoms with Gasteiger partial charge in [-0.2, -0.15) is 5.26 Å². The first-order valence-electron chi connectivity index (χ1n) is 3.71. The fraction of sp³-hybridized carbons (Fsp3) is 0.857. The fourth-order valence-electron chi connectivity index (χ4n) is 1.37. The summed E-state index contributed by atoms with van der Waals surface area (Å²) in [6.45, 7) is 0. The molecule has 0 spiro atoms. The molecule has 1 fully saturated rings. The number of hydrogen-bond acceptors (Lipinski definition) is 3. The highest BCUT2D eigenvalue weighted by molar-refractivity contribution is 7.91. The molecule has 1 saturated heterocycles. The number of nitriles is 1. The number of rotatable bonds is 2. The summed E-state index contributed by atoms with van der Waals surface area (Å²) in [6, 6.07) is 2.03. The Morgan fingerprint density at radius 2 is 2.27 bits per heavy atom. The molecule has 1 rings (SSSR count). The van der Waals surface area contributed by atoms with E-state index in [0.717, 1.165) is 12.8 Å². The van der Waals surface area contributed by atoms with E-state index in [1.54, 1.807) is 0 Å². The standard InChI is InChI=1S/C7H11NO2S/c8-4-1-2-7-3-5-11(9,10)6-7/h7H,1-3,5-6H2. The van der Waals surface area contributed by atoms with Crippen molar-refractivity contribution >= 4 is 9.84 Å². The summed E-state index contributed by atoms with van der Waals surface area (Å²) in [4.78, 5) is 0. The van der Waals surface area contributed by atoms with Gasteiger partial charge in [-0.1, -0.05) is 0 Å². The average molecular weight is 173 g/mol. The third kappa shape index (κ3) is 2.51. The van der Waals surface area contributed by atoms with Gasteiger partial charge in [-0.15, -0.1) is 0 Å². The minimum atomic E-state index is -2.74. The Hall–Kier alpha value is -0.560. The number of sulfone groups is 1. The van der Waals surface area contributed by atoms with Crippen LogP contribution in [0.3, 0.4) is 0 Å². The predicted octanol–water partition coefficient (Wildman–Crippen LogP) is 0.725. The first-order chi connectivity index (χ1) is 5.14. The molecule has 3 nitrogen and oxygen atoms in total. The first kappa shape index (κ1) is 8.54. The monoisotopic (exact) mass is 173 g/mol. The minimum absolute atomic E-state index is 0.250. The molecule has 0 saturated carbocycles. The normalized spacial score (nSPS) is 28.1.